The SMILES string of the molecule is COc1cc(/C=C2\N=C(c3cccs3)OC2=O)cc(Cl)c1OCc1ccc(F)cc1. The molecule has 3 aromatic rings. The van der Waals surface area contributed by atoms with Crippen molar-refractivity contribution in [1.29, 1.82) is 0 Å². The molecule has 0 saturated carbocycles. The number of thiophene rings is 1. The first-order valence-electron chi connectivity index (χ1n) is 8.84. The van der Waals surface area contributed by atoms with E-state index < -0.39 is 5.97 Å². The maximum atomic E-state index is 13.0. The van der Waals surface area contributed by atoms with Crippen molar-refractivity contribution in [3.63, 3.8) is 0 Å². The van der Waals surface area contributed by atoms with Gasteiger partial charge in [0.05, 0.1) is 17.0 Å². The van der Waals surface area contributed by atoms with Gasteiger partial charge in [-0.25, -0.2) is 14.2 Å². The summed E-state index contributed by atoms with van der Waals surface area (Å²) in [4.78, 5) is 17.2. The van der Waals surface area contributed by atoms with E-state index in [1.54, 1.807) is 30.3 Å². The summed E-state index contributed by atoms with van der Waals surface area (Å²) in [6, 6.07) is 13.0. The van der Waals surface area contributed by atoms with Gasteiger partial charge < -0.3 is 14.2 Å². The predicted octanol–water partition coefficient (Wildman–Crippen LogP) is 5.47. The number of hydrogen-bond donors (Lipinski definition) is 0. The Bertz CT molecular complexity index is 1140. The summed E-state index contributed by atoms with van der Waals surface area (Å²) in [5, 5.41) is 2.18. The van der Waals surface area contributed by atoms with Crippen molar-refractivity contribution in [2.45, 2.75) is 6.61 Å². The monoisotopic (exact) mass is 443 g/mol. The first kappa shape index (κ1) is 20.1. The summed E-state index contributed by atoms with van der Waals surface area (Å²) in [6.07, 6.45) is 1.57. The van der Waals surface area contributed by atoms with Gasteiger partial charge in [-0.15, -0.1) is 11.3 Å². The van der Waals surface area contributed by atoms with E-state index in [1.165, 1.54) is 30.6 Å². The van der Waals surface area contributed by atoms with E-state index in [4.69, 9.17) is 25.8 Å². The molecule has 1 aliphatic rings. The van der Waals surface area contributed by atoms with E-state index in [0.29, 0.717) is 22.1 Å². The van der Waals surface area contributed by atoms with Crippen LogP contribution >= 0.6 is 22.9 Å². The average Bonchev–Trinajstić information content (AvgIpc) is 3.38. The molecule has 30 heavy (non-hydrogen) atoms. The number of ether oxygens (including phenoxy) is 3. The molecule has 2 aromatic carbocycles. The average molecular weight is 444 g/mol. The van der Waals surface area contributed by atoms with E-state index in [2.05, 4.69) is 4.99 Å². The van der Waals surface area contributed by atoms with Gasteiger partial charge in [-0.1, -0.05) is 29.8 Å². The molecule has 5 nitrogen and oxygen atoms in total. The Morgan fingerprint density at radius 3 is 2.73 bits per heavy atom. The number of halogens is 2. The summed E-state index contributed by atoms with van der Waals surface area (Å²) >= 11 is 7.82. The van der Waals surface area contributed by atoms with Gasteiger partial charge in [0, 0.05) is 0 Å². The van der Waals surface area contributed by atoms with Crippen molar-refractivity contribution >= 4 is 40.9 Å². The molecule has 0 radical (unpaired) electrons. The molecule has 0 bridgehead atoms. The summed E-state index contributed by atoms with van der Waals surface area (Å²) in [7, 11) is 1.49. The number of rotatable bonds is 6. The molecule has 0 aliphatic carbocycles. The summed E-state index contributed by atoms with van der Waals surface area (Å²) in [5.41, 5.74) is 1.55. The molecule has 1 aliphatic heterocycles. The van der Waals surface area contributed by atoms with Crippen molar-refractivity contribution < 1.29 is 23.4 Å². The van der Waals surface area contributed by atoms with Crippen LogP contribution in [-0.2, 0) is 16.1 Å². The van der Waals surface area contributed by atoms with E-state index in [0.717, 1.165) is 10.4 Å². The number of hydrogen-bond acceptors (Lipinski definition) is 6. The lowest BCUT2D eigenvalue weighted by Crippen LogP contribution is -2.03. The second kappa shape index (κ2) is 8.69. The molecule has 4 rings (SSSR count). The zero-order valence-corrected chi connectivity index (χ0v) is 17.3. The molecule has 0 atom stereocenters. The fourth-order valence-corrected chi connectivity index (χ4v) is 3.69. The highest BCUT2D eigenvalue weighted by Crippen LogP contribution is 2.38. The zero-order chi connectivity index (χ0) is 21.1. The van der Waals surface area contributed by atoms with Crippen LogP contribution in [0.4, 0.5) is 4.39 Å². The number of benzene rings is 2. The summed E-state index contributed by atoms with van der Waals surface area (Å²) in [6.45, 7) is 0.192. The van der Waals surface area contributed by atoms with E-state index in [-0.39, 0.29) is 24.0 Å². The van der Waals surface area contributed by atoms with Gasteiger partial charge in [0.15, 0.2) is 17.2 Å². The Morgan fingerprint density at radius 1 is 1.23 bits per heavy atom. The highest BCUT2D eigenvalue weighted by molar-refractivity contribution is 7.12. The van der Waals surface area contributed by atoms with Crippen LogP contribution in [0.15, 0.2) is 64.6 Å². The Balaban J connectivity index is 1.58. The van der Waals surface area contributed by atoms with Crippen LogP contribution in [-0.4, -0.2) is 19.0 Å². The Hall–Kier alpha value is -3.16. The van der Waals surface area contributed by atoms with Crippen LogP contribution in [0.3, 0.4) is 0 Å². The van der Waals surface area contributed by atoms with Crippen molar-refractivity contribution in [3.05, 3.63) is 86.5 Å². The third-order valence-corrected chi connectivity index (χ3v) is 5.34. The zero-order valence-electron chi connectivity index (χ0n) is 15.7. The molecule has 8 heteroatoms. The van der Waals surface area contributed by atoms with Crippen LogP contribution in [0.1, 0.15) is 16.0 Å². The maximum Gasteiger partial charge on any atom is 0.363 e. The molecule has 1 aromatic heterocycles. The summed E-state index contributed by atoms with van der Waals surface area (Å²) < 4.78 is 29.5. The molecule has 0 fully saturated rings. The molecular weight excluding hydrogens is 429 g/mol. The predicted molar refractivity (Wildman–Crippen MR) is 114 cm³/mol. The van der Waals surface area contributed by atoms with Crippen LogP contribution in [0.25, 0.3) is 6.08 Å². The number of carbonyl (C=O) groups excluding carboxylic acids is 1. The van der Waals surface area contributed by atoms with Gasteiger partial charge in [-0.2, -0.15) is 0 Å². The molecule has 0 saturated heterocycles. The quantitative estimate of drug-likeness (QED) is 0.374. The van der Waals surface area contributed by atoms with Crippen LogP contribution < -0.4 is 9.47 Å². The minimum absolute atomic E-state index is 0.163. The number of nitrogens with zero attached hydrogens (tertiary/aromatic N) is 1. The van der Waals surface area contributed by atoms with Crippen LogP contribution in [0, 0.1) is 5.82 Å². The largest absolute Gasteiger partial charge is 0.493 e. The fourth-order valence-electron chi connectivity index (χ4n) is 2.77. The van der Waals surface area contributed by atoms with Gasteiger partial charge in [0.2, 0.25) is 5.90 Å². The standard InChI is InChI=1S/C22H15ClFNO4S/c1-27-18-11-14(10-17-22(26)29-21(25-17)19-3-2-8-30-19)9-16(23)20(18)28-12-13-4-6-15(24)7-5-13/h2-11H,12H2,1H3/b17-10-. The van der Waals surface area contributed by atoms with Gasteiger partial charge in [0.1, 0.15) is 12.4 Å². The van der Waals surface area contributed by atoms with Crippen molar-refractivity contribution in [2.75, 3.05) is 7.11 Å². The topological polar surface area (TPSA) is 57.1 Å². The lowest BCUT2D eigenvalue weighted by atomic mass is 10.1. The molecule has 0 N–H and O–H groups in total. The van der Waals surface area contributed by atoms with E-state index >= 15 is 0 Å². The number of methoxy groups -OCH3 is 1. The van der Waals surface area contributed by atoms with Gasteiger partial charge >= 0.3 is 5.97 Å². The minimum atomic E-state index is -0.537. The lowest BCUT2D eigenvalue weighted by Gasteiger charge is -2.13. The van der Waals surface area contributed by atoms with Gasteiger partial charge in [-0.3, -0.25) is 0 Å². The summed E-state index contributed by atoms with van der Waals surface area (Å²) in [5.74, 6) is 0.165. The van der Waals surface area contributed by atoms with E-state index in [1.807, 2.05) is 17.5 Å². The second-order valence-electron chi connectivity index (χ2n) is 6.26. The number of cyclic esters (lactones) is 1. The molecule has 0 spiro atoms. The number of carbonyl (C=O) groups is 1. The molecule has 0 unspecified atom stereocenters. The number of esters is 1. The first-order valence-corrected chi connectivity index (χ1v) is 10.1. The number of aliphatic imine (C=N–C) groups is 1. The fraction of sp³-hybridized carbons (Fsp3) is 0.0909. The Labute approximate surface area is 181 Å². The second-order valence-corrected chi connectivity index (χ2v) is 7.62. The third-order valence-electron chi connectivity index (χ3n) is 4.20. The lowest BCUT2D eigenvalue weighted by molar-refractivity contribution is -0.129. The first-order chi connectivity index (χ1) is 14.5. The highest BCUT2D eigenvalue weighted by atomic mass is 35.5. The molecule has 152 valence electrons. The van der Waals surface area contributed by atoms with E-state index in [9.17, 15) is 9.18 Å². The van der Waals surface area contributed by atoms with Crippen molar-refractivity contribution in [2.24, 2.45) is 4.99 Å². The minimum Gasteiger partial charge on any atom is -0.493 e. The van der Waals surface area contributed by atoms with Crippen molar-refractivity contribution in [1.82, 2.24) is 0 Å². The maximum absolute atomic E-state index is 13.0. The molecular formula is C22H15ClFNO4S. The Kier molecular flexibility index (Phi) is 5.83. The van der Waals surface area contributed by atoms with Gasteiger partial charge in [0.25, 0.3) is 0 Å². The normalized spacial score (nSPS) is 14.6. The van der Waals surface area contributed by atoms with Crippen molar-refractivity contribution in [3.8, 4) is 11.5 Å². The van der Waals surface area contributed by atoms with Gasteiger partial charge in [-0.05, 0) is 52.9 Å². The molecule has 2 heterocycles. The van der Waals surface area contributed by atoms with Crippen LogP contribution in [0.2, 0.25) is 5.02 Å². The highest BCUT2D eigenvalue weighted by Gasteiger charge is 2.25. The Morgan fingerprint density at radius 2 is 2.03 bits per heavy atom. The molecule has 0 amide bonds. The third kappa shape index (κ3) is 4.37. The smallest absolute Gasteiger partial charge is 0.363 e. The van der Waals surface area contributed by atoms with Crippen LogP contribution in [0.5, 0.6) is 11.5 Å².